The van der Waals surface area contributed by atoms with Gasteiger partial charge in [-0.15, -0.1) is 0 Å². The lowest BCUT2D eigenvalue weighted by Gasteiger charge is -2.20. The number of nitrogens with one attached hydrogen (secondary N) is 1. The zero-order valence-electron chi connectivity index (χ0n) is 16.1. The summed E-state index contributed by atoms with van der Waals surface area (Å²) in [5.41, 5.74) is 2.97. The number of hydrogen-bond acceptors (Lipinski definition) is 4. The van der Waals surface area contributed by atoms with E-state index in [1.165, 1.54) is 7.11 Å². The lowest BCUT2D eigenvalue weighted by molar-refractivity contribution is -0.142. The van der Waals surface area contributed by atoms with E-state index in [2.05, 4.69) is 26.1 Å². The van der Waals surface area contributed by atoms with Gasteiger partial charge in [-0.1, -0.05) is 57.2 Å². The van der Waals surface area contributed by atoms with Crippen LogP contribution in [0.3, 0.4) is 0 Å². The Kier molecular flexibility index (Phi) is 6.50. The van der Waals surface area contributed by atoms with Crippen molar-refractivity contribution in [1.82, 2.24) is 5.32 Å². The molecule has 1 atom stereocenters. The number of hydrogen-bond donors (Lipinski definition) is 1. The van der Waals surface area contributed by atoms with Gasteiger partial charge in [0.05, 0.1) is 7.11 Å². The smallest absolute Gasteiger partial charge is 0.328 e. The summed E-state index contributed by atoms with van der Waals surface area (Å²) in [6.07, 6.45) is 1.03. The third-order valence-electron chi connectivity index (χ3n) is 4.36. The molecule has 0 spiro atoms. The van der Waals surface area contributed by atoms with Crippen LogP contribution in [0, 0.1) is 0 Å². The largest absolute Gasteiger partial charge is 0.467 e. The second-order valence-corrected chi connectivity index (χ2v) is 7.44. The molecule has 0 unspecified atom stereocenters. The summed E-state index contributed by atoms with van der Waals surface area (Å²) in [6, 6.07) is 13.4. The Morgan fingerprint density at radius 3 is 2.11 bits per heavy atom. The molecule has 5 nitrogen and oxygen atoms in total. The zero-order valence-corrected chi connectivity index (χ0v) is 16.1. The average molecular weight is 367 g/mol. The Bertz CT molecular complexity index is 802. The normalized spacial score (nSPS) is 12.1. The van der Waals surface area contributed by atoms with Crippen molar-refractivity contribution in [1.29, 1.82) is 0 Å². The van der Waals surface area contributed by atoms with E-state index in [0.717, 1.165) is 17.4 Å². The van der Waals surface area contributed by atoms with Crippen LogP contribution in [0.5, 0.6) is 0 Å². The molecule has 5 heteroatoms. The SMILES string of the molecule is COC(=O)[C@H](Cc1ccc(C=O)cc1)NC(=O)c1ccc(C(C)(C)C)cc1. The van der Waals surface area contributed by atoms with Crippen LogP contribution in [-0.2, 0) is 21.4 Å². The van der Waals surface area contributed by atoms with Gasteiger partial charge in [0.2, 0.25) is 0 Å². The molecule has 0 aliphatic rings. The number of carbonyl (C=O) groups is 3. The van der Waals surface area contributed by atoms with E-state index in [9.17, 15) is 14.4 Å². The molecule has 2 aromatic carbocycles. The molecule has 2 rings (SSSR count). The van der Waals surface area contributed by atoms with Crippen molar-refractivity contribution < 1.29 is 19.1 Å². The summed E-state index contributed by atoms with van der Waals surface area (Å²) in [4.78, 5) is 35.4. The van der Waals surface area contributed by atoms with Crippen LogP contribution in [0.2, 0.25) is 0 Å². The van der Waals surface area contributed by atoms with Crippen molar-refractivity contribution in [3.8, 4) is 0 Å². The molecular weight excluding hydrogens is 342 g/mol. The summed E-state index contributed by atoms with van der Waals surface area (Å²) in [5.74, 6) is -0.857. The molecule has 0 fully saturated rings. The third kappa shape index (κ3) is 5.51. The van der Waals surface area contributed by atoms with Gasteiger partial charge in [0, 0.05) is 17.5 Å². The van der Waals surface area contributed by atoms with E-state index in [-0.39, 0.29) is 17.7 Å². The molecule has 0 aromatic heterocycles. The standard InChI is InChI=1S/C22H25NO4/c1-22(2,3)18-11-9-17(10-12-18)20(25)23-19(21(26)27-4)13-15-5-7-16(14-24)8-6-15/h5-12,14,19H,13H2,1-4H3,(H,23,25)/t19-/m0/s1. The Morgan fingerprint density at radius 2 is 1.63 bits per heavy atom. The average Bonchev–Trinajstić information content (AvgIpc) is 2.66. The van der Waals surface area contributed by atoms with Crippen molar-refractivity contribution in [3.05, 3.63) is 70.8 Å². The monoisotopic (exact) mass is 367 g/mol. The maximum Gasteiger partial charge on any atom is 0.328 e. The predicted octanol–water partition coefficient (Wildman–Crippen LogP) is 3.31. The molecule has 0 aliphatic carbocycles. The number of ether oxygens (including phenoxy) is 1. The molecule has 142 valence electrons. The van der Waals surface area contributed by atoms with Crippen LogP contribution in [0.25, 0.3) is 0 Å². The Morgan fingerprint density at radius 1 is 1.04 bits per heavy atom. The Hall–Kier alpha value is -2.95. The molecule has 2 aromatic rings. The van der Waals surface area contributed by atoms with Crippen LogP contribution in [0.4, 0.5) is 0 Å². The van der Waals surface area contributed by atoms with Crippen LogP contribution in [0.1, 0.15) is 52.6 Å². The van der Waals surface area contributed by atoms with Crippen molar-refractivity contribution >= 4 is 18.2 Å². The maximum atomic E-state index is 12.6. The minimum Gasteiger partial charge on any atom is -0.467 e. The number of methoxy groups -OCH3 is 1. The highest BCUT2D eigenvalue weighted by Gasteiger charge is 2.23. The quantitative estimate of drug-likeness (QED) is 0.628. The lowest BCUT2D eigenvalue weighted by Crippen LogP contribution is -2.43. The number of esters is 1. The summed E-state index contributed by atoms with van der Waals surface area (Å²) in [7, 11) is 1.29. The van der Waals surface area contributed by atoms with Crippen LogP contribution in [0.15, 0.2) is 48.5 Å². The van der Waals surface area contributed by atoms with E-state index >= 15 is 0 Å². The first-order valence-corrected chi connectivity index (χ1v) is 8.78. The zero-order chi connectivity index (χ0) is 20.0. The highest BCUT2D eigenvalue weighted by Crippen LogP contribution is 2.22. The van der Waals surface area contributed by atoms with Crippen molar-refractivity contribution in [2.45, 2.75) is 38.6 Å². The van der Waals surface area contributed by atoms with Gasteiger partial charge in [0.25, 0.3) is 5.91 Å². The first-order chi connectivity index (χ1) is 12.7. The van der Waals surface area contributed by atoms with Crippen molar-refractivity contribution in [3.63, 3.8) is 0 Å². The minimum absolute atomic E-state index is 0.00274. The summed E-state index contributed by atoms with van der Waals surface area (Å²) in [5, 5.41) is 2.74. The van der Waals surface area contributed by atoms with E-state index < -0.39 is 12.0 Å². The maximum absolute atomic E-state index is 12.6. The van der Waals surface area contributed by atoms with Crippen molar-refractivity contribution in [2.75, 3.05) is 7.11 Å². The van der Waals surface area contributed by atoms with Gasteiger partial charge in [-0.2, -0.15) is 0 Å². The van der Waals surface area contributed by atoms with Gasteiger partial charge < -0.3 is 10.1 Å². The van der Waals surface area contributed by atoms with Gasteiger partial charge in [0.15, 0.2) is 0 Å². The van der Waals surface area contributed by atoms with Crippen LogP contribution < -0.4 is 5.32 Å². The highest BCUT2D eigenvalue weighted by atomic mass is 16.5. The number of rotatable bonds is 6. The fourth-order valence-corrected chi connectivity index (χ4v) is 2.67. The number of carbonyl (C=O) groups excluding carboxylic acids is 3. The molecular formula is C22H25NO4. The molecule has 0 radical (unpaired) electrons. The van der Waals surface area contributed by atoms with Crippen LogP contribution in [-0.4, -0.2) is 31.3 Å². The summed E-state index contributed by atoms with van der Waals surface area (Å²) in [6.45, 7) is 6.31. The molecule has 0 heterocycles. The number of amides is 1. The molecule has 1 N–H and O–H groups in total. The molecule has 0 aliphatic heterocycles. The second kappa shape index (κ2) is 8.62. The highest BCUT2D eigenvalue weighted by molar-refractivity contribution is 5.96. The Balaban J connectivity index is 2.13. The molecule has 0 saturated heterocycles. The van der Waals surface area contributed by atoms with E-state index in [1.807, 2.05) is 12.1 Å². The fraction of sp³-hybridized carbons (Fsp3) is 0.318. The van der Waals surface area contributed by atoms with Crippen molar-refractivity contribution in [2.24, 2.45) is 0 Å². The lowest BCUT2D eigenvalue weighted by atomic mass is 9.86. The third-order valence-corrected chi connectivity index (χ3v) is 4.36. The van der Waals surface area contributed by atoms with Gasteiger partial charge in [-0.3, -0.25) is 9.59 Å². The fourth-order valence-electron chi connectivity index (χ4n) is 2.67. The number of aldehydes is 1. The van der Waals surface area contributed by atoms with E-state index in [4.69, 9.17) is 4.74 Å². The first kappa shape index (κ1) is 20.4. The first-order valence-electron chi connectivity index (χ1n) is 8.78. The predicted molar refractivity (Wildman–Crippen MR) is 104 cm³/mol. The summed E-state index contributed by atoms with van der Waals surface area (Å²) >= 11 is 0. The molecule has 1 amide bonds. The molecule has 0 saturated carbocycles. The minimum atomic E-state index is -0.813. The topological polar surface area (TPSA) is 72.5 Å². The van der Waals surface area contributed by atoms with Gasteiger partial charge in [-0.05, 0) is 28.7 Å². The number of benzene rings is 2. The molecule has 0 bridgehead atoms. The Labute approximate surface area is 159 Å². The van der Waals surface area contributed by atoms with Gasteiger partial charge >= 0.3 is 5.97 Å². The molecule has 27 heavy (non-hydrogen) atoms. The van der Waals surface area contributed by atoms with E-state index in [1.54, 1.807) is 36.4 Å². The van der Waals surface area contributed by atoms with Gasteiger partial charge in [-0.25, -0.2) is 4.79 Å². The van der Waals surface area contributed by atoms with Crippen LogP contribution >= 0.6 is 0 Å². The summed E-state index contributed by atoms with van der Waals surface area (Å²) < 4.78 is 4.82. The van der Waals surface area contributed by atoms with Gasteiger partial charge in [0.1, 0.15) is 12.3 Å². The van der Waals surface area contributed by atoms with E-state index in [0.29, 0.717) is 11.1 Å². The second-order valence-electron chi connectivity index (χ2n) is 7.44.